The maximum Gasteiger partial charge on any atom is 0.302 e. The van der Waals surface area contributed by atoms with E-state index in [2.05, 4.69) is 42.8 Å². The second-order valence-electron chi connectivity index (χ2n) is 6.03. The van der Waals surface area contributed by atoms with Crippen LogP contribution < -0.4 is 0 Å². The molecule has 2 rings (SSSR count). The normalized spacial score (nSPS) is 41.6. The first-order valence-electron chi connectivity index (χ1n) is 6.91. The van der Waals surface area contributed by atoms with Crippen LogP contribution in [0.15, 0.2) is 11.6 Å². The van der Waals surface area contributed by atoms with Crippen LogP contribution in [0.4, 0.5) is 0 Å². The first-order valence-corrected chi connectivity index (χ1v) is 8.03. The Morgan fingerprint density at radius 2 is 2.26 bits per heavy atom. The number of rotatable bonds is 3. The van der Waals surface area contributed by atoms with E-state index in [9.17, 15) is 4.79 Å². The third kappa shape index (κ3) is 2.49. The van der Waals surface area contributed by atoms with E-state index in [4.69, 9.17) is 9.47 Å². The molecule has 0 saturated carbocycles. The molecule has 1 fully saturated rings. The zero-order valence-electron chi connectivity index (χ0n) is 12.1. The van der Waals surface area contributed by atoms with E-state index in [1.54, 1.807) is 0 Å². The first-order chi connectivity index (χ1) is 8.92. The number of carbonyl (C=O) groups excluding carboxylic acids is 1. The van der Waals surface area contributed by atoms with Crippen LogP contribution in [0.5, 0.6) is 0 Å². The lowest BCUT2D eigenvalue weighted by molar-refractivity contribution is -0.174. The number of carbonyl (C=O) groups is 1. The maximum atomic E-state index is 11.2. The summed E-state index contributed by atoms with van der Waals surface area (Å²) < 4.78 is 11.4. The predicted molar refractivity (Wildman–Crippen MR) is 78.2 cm³/mol. The van der Waals surface area contributed by atoms with E-state index >= 15 is 0 Å². The molecule has 0 amide bonds. The van der Waals surface area contributed by atoms with Gasteiger partial charge in [-0.1, -0.05) is 41.4 Å². The number of esters is 1. The monoisotopic (exact) mass is 330 g/mol. The quantitative estimate of drug-likeness (QED) is 0.453. The summed E-state index contributed by atoms with van der Waals surface area (Å²) in [6, 6.07) is 0. The molecule has 3 nitrogen and oxygen atoms in total. The molecule has 1 heterocycles. The van der Waals surface area contributed by atoms with Gasteiger partial charge in [0.1, 0.15) is 0 Å². The van der Waals surface area contributed by atoms with Crippen molar-refractivity contribution in [3.05, 3.63) is 11.6 Å². The molecule has 108 valence electrons. The molecule has 1 aliphatic carbocycles. The van der Waals surface area contributed by atoms with Crippen LogP contribution in [0.3, 0.4) is 0 Å². The van der Waals surface area contributed by atoms with Gasteiger partial charge in [0.25, 0.3) is 0 Å². The Labute approximate surface area is 123 Å². The van der Waals surface area contributed by atoms with Crippen molar-refractivity contribution < 1.29 is 14.3 Å². The summed E-state index contributed by atoms with van der Waals surface area (Å²) in [6.07, 6.45) is 2.57. The molecule has 2 aliphatic rings. The topological polar surface area (TPSA) is 35.5 Å². The smallest absolute Gasteiger partial charge is 0.302 e. The molecule has 4 heteroatoms. The summed E-state index contributed by atoms with van der Waals surface area (Å²) >= 11 is 3.55. The number of hydrogen-bond acceptors (Lipinski definition) is 3. The highest BCUT2D eigenvalue weighted by Gasteiger charge is 2.53. The summed E-state index contributed by atoms with van der Waals surface area (Å²) in [4.78, 5) is 11.2. The van der Waals surface area contributed by atoms with Crippen molar-refractivity contribution in [1.82, 2.24) is 0 Å². The van der Waals surface area contributed by atoms with Gasteiger partial charge in [-0.25, -0.2) is 0 Å². The fraction of sp³-hybridized carbons (Fsp3) is 0.800. The van der Waals surface area contributed by atoms with E-state index in [-0.39, 0.29) is 17.5 Å². The van der Waals surface area contributed by atoms with Crippen molar-refractivity contribution in [2.45, 2.75) is 33.8 Å². The van der Waals surface area contributed by atoms with Gasteiger partial charge in [0.05, 0.1) is 19.3 Å². The molecular weight excluding hydrogens is 308 g/mol. The molecule has 1 saturated heterocycles. The van der Waals surface area contributed by atoms with Crippen LogP contribution in [0.1, 0.15) is 27.7 Å². The second-order valence-corrected chi connectivity index (χ2v) is 6.68. The van der Waals surface area contributed by atoms with Crippen LogP contribution in [0, 0.1) is 23.2 Å². The lowest BCUT2D eigenvalue weighted by Gasteiger charge is -2.55. The summed E-state index contributed by atoms with van der Waals surface area (Å²) in [7, 11) is 0. The van der Waals surface area contributed by atoms with Gasteiger partial charge in [-0.15, -0.1) is 0 Å². The van der Waals surface area contributed by atoms with Crippen molar-refractivity contribution in [3.63, 3.8) is 0 Å². The highest BCUT2D eigenvalue weighted by molar-refractivity contribution is 9.09. The van der Waals surface area contributed by atoms with Gasteiger partial charge in [-0.05, 0) is 18.8 Å². The molecule has 0 unspecified atom stereocenters. The SMILES string of the molecule is CC(=O)OC[C@]12CO[C@H](CBr)[C@@H](C(C)=C[C@H]1C)[C@H]2C. The highest BCUT2D eigenvalue weighted by atomic mass is 79.9. The number of alkyl halides is 1. The van der Waals surface area contributed by atoms with Crippen molar-refractivity contribution in [1.29, 1.82) is 0 Å². The van der Waals surface area contributed by atoms with Crippen molar-refractivity contribution in [2.75, 3.05) is 18.5 Å². The van der Waals surface area contributed by atoms with Gasteiger partial charge in [0.2, 0.25) is 0 Å². The fourth-order valence-corrected chi connectivity index (χ4v) is 4.35. The summed E-state index contributed by atoms with van der Waals surface area (Å²) in [5.41, 5.74) is 1.33. The number of allylic oxidation sites excluding steroid dienone is 1. The van der Waals surface area contributed by atoms with E-state index < -0.39 is 0 Å². The van der Waals surface area contributed by atoms with Crippen molar-refractivity contribution in [2.24, 2.45) is 23.2 Å². The Balaban J connectivity index is 2.31. The summed E-state index contributed by atoms with van der Waals surface area (Å²) in [5, 5.41) is 0.852. The first kappa shape index (κ1) is 15.0. The lowest BCUT2D eigenvalue weighted by Crippen LogP contribution is -2.57. The zero-order chi connectivity index (χ0) is 14.2. The van der Waals surface area contributed by atoms with E-state index in [1.807, 2.05) is 0 Å². The molecule has 0 aromatic carbocycles. The van der Waals surface area contributed by atoms with E-state index in [0.717, 1.165) is 5.33 Å². The molecular formula is C15H23BrO3. The standard InChI is InChI=1S/C15H23BrO3/c1-9-5-10(2)15(7-18-12(4)17)8-19-13(6-16)14(9)11(15)3/h5,10-11,13-14H,6-8H2,1-4H3/t10-,11-,13-,14+,15+/m1/s1. The van der Waals surface area contributed by atoms with Crippen LogP contribution in [0.25, 0.3) is 0 Å². The van der Waals surface area contributed by atoms with Crippen LogP contribution in [0.2, 0.25) is 0 Å². The van der Waals surface area contributed by atoms with E-state index in [1.165, 1.54) is 12.5 Å². The largest absolute Gasteiger partial charge is 0.465 e. The van der Waals surface area contributed by atoms with Crippen LogP contribution in [-0.4, -0.2) is 30.6 Å². The molecule has 19 heavy (non-hydrogen) atoms. The minimum Gasteiger partial charge on any atom is -0.465 e. The highest BCUT2D eigenvalue weighted by Crippen LogP contribution is 2.52. The Morgan fingerprint density at radius 3 is 2.84 bits per heavy atom. The molecule has 1 aliphatic heterocycles. The minimum absolute atomic E-state index is 0.0749. The Hall–Kier alpha value is -0.350. The van der Waals surface area contributed by atoms with Gasteiger partial charge in [-0.3, -0.25) is 4.79 Å². The zero-order valence-corrected chi connectivity index (χ0v) is 13.7. The third-order valence-corrected chi connectivity index (χ3v) is 5.69. The number of halogens is 1. The van der Waals surface area contributed by atoms with Crippen molar-refractivity contribution >= 4 is 21.9 Å². The van der Waals surface area contributed by atoms with Gasteiger partial charge >= 0.3 is 5.97 Å². The van der Waals surface area contributed by atoms with Crippen LogP contribution >= 0.6 is 15.9 Å². The molecule has 0 aromatic heterocycles. The molecule has 0 spiro atoms. The fourth-order valence-electron chi connectivity index (χ4n) is 3.76. The van der Waals surface area contributed by atoms with Gasteiger partial charge in [0.15, 0.2) is 0 Å². The average Bonchev–Trinajstić information content (AvgIpc) is 2.34. The molecule has 2 bridgehead atoms. The second kappa shape index (κ2) is 5.57. The molecule has 5 atom stereocenters. The van der Waals surface area contributed by atoms with Crippen molar-refractivity contribution in [3.8, 4) is 0 Å². The Bertz CT molecular complexity index is 393. The number of ether oxygens (including phenoxy) is 2. The molecule has 0 aromatic rings. The lowest BCUT2D eigenvalue weighted by atomic mass is 9.56. The Kier molecular flexibility index (Phi) is 4.41. The third-order valence-electron chi connectivity index (χ3n) is 5.05. The van der Waals surface area contributed by atoms with Gasteiger partial charge in [-0.2, -0.15) is 0 Å². The number of fused-ring (bicyclic) bond motifs is 2. The van der Waals surface area contributed by atoms with Gasteiger partial charge < -0.3 is 9.47 Å². The number of hydrogen-bond donors (Lipinski definition) is 0. The predicted octanol–water partition coefficient (Wildman–Crippen LogP) is 3.18. The molecule has 0 N–H and O–H groups in total. The van der Waals surface area contributed by atoms with Crippen LogP contribution in [-0.2, 0) is 14.3 Å². The summed E-state index contributed by atoms with van der Waals surface area (Å²) in [6.45, 7) is 9.27. The van der Waals surface area contributed by atoms with Gasteiger partial charge in [0, 0.05) is 23.6 Å². The molecule has 0 radical (unpaired) electrons. The Morgan fingerprint density at radius 1 is 1.58 bits per heavy atom. The van der Waals surface area contributed by atoms with E-state index in [0.29, 0.717) is 31.0 Å². The minimum atomic E-state index is -0.209. The summed E-state index contributed by atoms with van der Waals surface area (Å²) in [5.74, 6) is 1.04. The maximum absolute atomic E-state index is 11.2. The average molecular weight is 331 g/mol.